The third-order valence-corrected chi connectivity index (χ3v) is 5.49. The number of amides is 1. The molecule has 4 rings (SSSR count). The first kappa shape index (κ1) is 15.4. The quantitative estimate of drug-likeness (QED) is 0.909. The minimum atomic E-state index is 0.0815. The van der Waals surface area contributed by atoms with Gasteiger partial charge in [-0.25, -0.2) is 0 Å². The summed E-state index contributed by atoms with van der Waals surface area (Å²) in [4.78, 5) is 14.9. The summed E-state index contributed by atoms with van der Waals surface area (Å²) in [6.45, 7) is 3.76. The summed E-state index contributed by atoms with van der Waals surface area (Å²) in [5.74, 6) is 2.11. The van der Waals surface area contributed by atoms with E-state index < -0.39 is 0 Å². The number of hydrogen-bond donors (Lipinski definition) is 1. The van der Waals surface area contributed by atoms with Gasteiger partial charge < -0.3 is 9.47 Å². The number of nitrogens with one attached hydrogen (secondary N) is 1. The van der Waals surface area contributed by atoms with Crippen LogP contribution in [0.5, 0.6) is 0 Å². The molecule has 2 aromatic heterocycles. The SMILES string of the molecule is C[C@@H]1CCc2[nH]nc(C(=O)N3CCC(c4nncn4C)CC3)c2C1. The minimum Gasteiger partial charge on any atom is -0.337 e. The number of aromatic amines is 1. The first-order valence-corrected chi connectivity index (χ1v) is 8.82. The van der Waals surface area contributed by atoms with Crippen molar-refractivity contribution in [2.24, 2.45) is 13.0 Å². The Balaban J connectivity index is 1.46. The largest absolute Gasteiger partial charge is 0.337 e. The van der Waals surface area contributed by atoms with Gasteiger partial charge in [0.25, 0.3) is 5.91 Å². The highest BCUT2D eigenvalue weighted by Gasteiger charge is 2.31. The van der Waals surface area contributed by atoms with Gasteiger partial charge >= 0.3 is 0 Å². The molecule has 0 radical (unpaired) electrons. The fourth-order valence-electron chi connectivity index (χ4n) is 4.00. The molecule has 24 heavy (non-hydrogen) atoms. The lowest BCUT2D eigenvalue weighted by atomic mass is 9.87. The Bertz CT molecular complexity index is 740. The van der Waals surface area contributed by atoms with Crippen molar-refractivity contribution in [1.82, 2.24) is 29.9 Å². The molecule has 0 spiro atoms. The topological polar surface area (TPSA) is 79.7 Å². The van der Waals surface area contributed by atoms with Crippen LogP contribution in [0.1, 0.15) is 59.7 Å². The molecule has 7 nitrogen and oxygen atoms in total. The van der Waals surface area contributed by atoms with Crippen LogP contribution in [0.15, 0.2) is 6.33 Å². The number of nitrogens with zero attached hydrogens (tertiary/aromatic N) is 5. The molecule has 128 valence electrons. The summed E-state index contributed by atoms with van der Waals surface area (Å²) >= 11 is 0. The van der Waals surface area contributed by atoms with Crippen molar-refractivity contribution in [3.8, 4) is 0 Å². The van der Waals surface area contributed by atoms with Crippen molar-refractivity contribution in [2.75, 3.05) is 13.1 Å². The molecule has 1 N–H and O–H groups in total. The van der Waals surface area contributed by atoms with E-state index in [9.17, 15) is 4.79 Å². The molecule has 0 bridgehead atoms. The van der Waals surface area contributed by atoms with Crippen LogP contribution in [-0.2, 0) is 19.9 Å². The molecular weight excluding hydrogens is 304 g/mol. The van der Waals surface area contributed by atoms with E-state index in [0.29, 0.717) is 17.5 Å². The number of piperidine rings is 1. The van der Waals surface area contributed by atoms with Crippen LogP contribution in [0.4, 0.5) is 0 Å². The third-order valence-electron chi connectivity index (χ3n) is 5.49. The van der Waals surface area contributed by atoms with Crippen LogP contribution in [0.25, 0.3) is 0 Å². The highest BCUT2D eigenvalue weighted by atomic mass is 16.2. The standard InChI is InChI=1S/C17H24N6O/c1-11-3-4-14-13(9-11)15(20-19-14)17(24)23-7-5-12(6-8-23)16-21-18-10-22(16)2/h10-12H,3-9H2,1-2H3,(H,19,20)/t11-/m1/s1. The summed E-state index contributed by atoms with van der Waals surface area (Å²) in [5, 5.41) is 15.6. The van der Waals surface area contributed by atoms with Crippen LogP contribution >= 0.6 is 0 Å². The number of carbonyl (C=O) groups is 1. The molecule has 7 heteroatoms. The second-order valence-corrected chi connectivity index (χ2v) is 7.24. The van der Waals surface area contributed by atoms with E-state index in [0.717, 1.165) is 55.9 Å². The fraction of sp³-hybridized carbons (Fsp3) is 0.647. The Morgan fingerprint density at radius 2 is 2.08 bits per heavy atom. The van der Waals surface area contributed by atoms with Crippen LogP contribution < -0.4 is 0 Å². The molecule has 3 heterocycles. The number of carbonyl (C=O) groups excluding carboxylic acids is 1. The van der Waals surface area contributed by atoms with Crippen LogP contribution in [0, 0.1) is 5.92 Å². The van der Waals surface area contributed by atoms with E-state index in [-0.39, 0.29) is 5.91 Å². The van der Waals surface area contributed by atoms with Crippen molar-refractivity contribution in [3.05, 3.63) is 29.1 Å². The molecule has 2 aromatic rings. The number of aryl methyl sites for hydroxylation is 2. The average Bonchev–Trinajstić information content (AvgIpc) is 3.20. The molecule has 1 saturated heterocycles. The van der Waals surface area contributed by atoms with Crippen LogP contribution in [-0.4, -0.2) is 48.9 Å². The number of likely N-dealkylation sites (tertiary alicyclic amines) is 1. The van der Waals surface area contributed by atoms with E-state index >= 15 is 0 Å². The van der Waals surface area contributed by atoms with Crippen molar-refractivity contribution < 1.29 is 4.79 Å². The lowest BCUT2D eigenvalue weighted by molar-refractivity contribution is 0.0703. The zero-order valence-electron chi connectivity index (χ0n) is 14.3. The average molecular weight is 328 g/mol. The van der Waals surface area contributed by atoms with E-state index in [1.54, 1.807) is 6.33 Å². The molecule has 1 aliphatic carbocycles. The van der Waals surface area contributed by atoms with Gasteiger partial charge in [0, 0.05) is 37.3 Å². The summed E-state index contributed by atoms with van der Waals surface area (Å²) in [6.07, 6.45) is 6.74. The third kappa shape index (κ3) is 2.61. The molecule has 1 aliphatic heterocycles. The van der Waals surface area contributed by atoms with Gasteiger partial charge in [0.1, 0.15) is 12.2 Å². The van der Waals surface area contributed by atoms with Gasteiger partial charge in [0.05, 0.1) is 0 Å². The Kier molecular flexibility index (Phi) is 3.86. The van der Waals surface area contributed by atoms with Gasteiger partial charge in [0.15, 0.2) is 5.69 Å². The highest BCUT2D eigenvalue weighted by molar-refractivity contribution is 5.94. The number of aromatic nitrogens is 5. The molecule has 1 amide bonds. The lowest BCUT2D eigenvalue weighted by Gasteiger charge is -2.31. The molecule has 0 aromatic carbocycles. The Morgan fingerprint density at radius 3 is 2.79 bits per heavy atom. The predicted octanol–water partition coefficient (Wildman–Crippen LogP) is 1.68. The van der Waals surface area contributed by atoms with Crippen molar-refractivity contribution >= 4 is 5.91 Å². The smallest absolute Gasteiger partial charge is 0.274 e. The monoisotopic (exact) mass is 328 g/mol. The molecule has 2 aliphatic rings. The Morgan fingerprint density at radius 1 is 1.29 bits per heavy atom. The van der Waals surface area contributed by atoms with E-state index in [4.69, 9.17) is 0 Å². The lowest BCUT2D eigenvalue weighted by Crippen LogP contribution is -2.39. The van der Waals surface area contributed by atoms with Gasteiger partial charge in [-0.15, -0.1) is 10.2 Å². The first-order valence-electron chi connectivity index (χ1n) is 8.82. The van der Waals surface area contributed by atoms with Gasteiger partial charge in [-0.1, -0.05) is 6.92 Å². The molecule has 0 saturated carbocycles. The zero-order chi connectivity index (χ0) is 16.7. The molecule has 1 atom stereocenters. The van der Waals surface area contributed by atoms with Gasteiger partial charge in [-0.2, -0.15) is 5.10 Å². The van der Waals surface area contributed by atoms with E-state index in [1.807, 2.05) is 16.5 Å². The molecule has 1 fully saturated rings. The highest BCUT2D eigenvalue weighted by Crippen LogP contribution is 2.30. The summed E-state index contributed by atoms with van der Waals surface area (Å²) in [6, 6.07) is 0. The van der Waals surface area contributed by atoms with Crippen LogP contribution in [0.3, 0.4) is 0 Å². The van der Waals surface area contributed by atoms with Crippen molar-refractivity contribution in [3.63, 3.8) is 0 Å². The van der Waals surface area contributed by atoms with E-state index in [1.165, 1.54) is 6.42 Å². The van der Waals surface area contributed by atoms with Crippen molar-refractivity contribution in [2.45, 2.75) is 44.9 Å². The minimum absolute atomic E-state index is 0.0815. The number of hydrogen-bond acceptors (Lipinski definition) is 4. The van der Waals surface area contributed by atoms with Gasteiger partial charge in [-0.3, -0.25) is 9.89 Å². The number of rotatable bonds is 2. The Labute approximate surface area is 141 Å². The normalized spacial score (nSPS) is 21.8. The number of H-pyrrole nitrogens is 1. The second kappa shape index (κ2) is 6.03. The van der Waals surface area contributed by atoms with Gasteiger partial charge in [0.2, 0.25) is 0 Å². The summed E-state index contributed by atoms with van der Waals surface area (Å²) in [7, 11) is 1.98. The second-order valence-electron chi connectivity index (χ2n) is 7.24. The van der Waals surface area contributed by atoms with Gasteiger partial charge in [-0.05, 0) is 38.0 Å². The van der Waals surface area contributed by atoms with Crippen molar-refractivity contribution in [1.29, 1.82) is 0 Å². The Hall–Kier alpha value is -2.18. The van der Waals surface area contributed by atoms with Crippen LogP contribution in [0.2, 0.25) is 0 Å². The maximum Gasteiger partial charge on any atom is 0.274 e. The fourth-order valence-corrected chi connectivity index (χ4v) is 4.00. The number of fused-ring (bicyclic) bond motifs is 1. The van der Waals surface area contributed by atoms with E-state index in [2.05, 4.69) is 27.3 Å². The first-order chi connectivity index (χ1) is 11.6. The maximum absolute atomic E-state index is 12.9. The zero-order valence-corrected chi connectivity index (χ0v) is 14.3. The summed E-state index contributed by atoms with van der Waals surface area (Å²) < 4.78 is 1.98. The maximum atomic E-state index is 12.9. The molecular formula is C17H24N6O. The molecule has 0 unspecified atom stereocenters. The predicted molar refractivity (Wildman–Crippen MR) is 88.7 cm³/mol. The summed E-state index contributed by atoms with van der Waals surface area (Å²) in [5.41, 5.74) is 2.95.